The number of hydrogen-bond acceptors (Lipinski definition) is 3. The molecule has 0 saturated heterocycles. The van der Waals surface area contributed by atoms with E-state index in [1.54, 1.807) is 18.2 Å². The molecule has 4 nitrogen and oxygen atoms in total. The van der Waals surface area contributed by atoms with Gasteiger partial charge >= 0.3 is 11.1 Å². The largest absolute Gasteiger partial charge is 0.316 e. The summed E-state index contributed by atoms with van der Waals surface area (Å²) < 4.78 is 0. The van der Waals surface area contributed by atoms with Crippen molar-refractivity contribution in [3.8, 4) is 0 Å². The van der Waals surface area contributed by atoms with E-state index in [9.17, 15) is 9.59 Å². The fourth-order valence-electron chi connectivity index (χ4n) is 2.06. The number of alkyl halides is 1. The van der Waals surface area contributed by atoms with Gasteiger partial charge in [-0.3, -0.25) is 9.59 Å². The maximum atomic E-state index is 11.4. The summed E-state index contributed by atoms with van der Waals surface area (Å²) in [5.74, 6) is 0. The number of thiophene rings is 1. The van der Waals surface area contributed by atoms with Crippen molar-refractivity contribution in [3.63, 3.8) is 0 Å². The third-order valence-corrected chi connectivity index (χ3v) is 5.57. The van der Waals surface area contributed by atoms with E-state index in [-0.39, 0.29) is 0 Å². The van der Waals surface area contributed by atoms with Crippen molar-refractivity contribution in [2.24, 2.45) is 0 Å². The number of H-pyrrole nitrogens is 2. The molecule has 1 atom stereocenters. The van der Waals surface area contributed by atoms with Crippen molar-refractivity contribution in [2.75, 3.05) is 0 Å². The lowest BCUT2D eigenvalue weighted by Gasteiger charge is -2.10. The summed E-state index contributed by atoms with van der Waals surface area (Å²) in [6.07, 6.45) is 0. The first-order chi connectivity index (χ1) is 9.97. The number of rotatable bonds is 2. The van der Waals surface area contributed by atoms with Crippen molar-refractivity contribution in [1.82, 2.24) is 9.97 Å². The third-order valence-electron chi connectivity index (χ3n) is 3.19. The van der Waals surface area contributed by atoms with Gasteiger partial charge in [-0.25, -0.2) is 0 Å². The molecule has 0 spiro atoms. The Morgan fingerprint density at radius 3 is 2.43 bits per heavy atom. The van der Waals surface area contributed by atoms with Crippen LogP contribution in [0.25, 0.3) is 11.0 Å². The molecule has 0 aliphatic rings. The van der Waals surface area contributed by atoms with Gasteiger partial charge in [-0.15, -0.1) is 22.9 Å². The predicted molar refractivity (Wildman–Crippen MR) is 87.0 cm³/mol. The average molecular weight is 341 g/mol. The molecular formula is C14H10Cl2N2O2S. The molecule has 2 heterocycles. The van der Waals surface area contributed by atoms with Crippen molar-refractivity contribution in [2.45, 2.75) is 12.3 Å². The Bertz CT molecular complexity index is 942. The topological polar surface area (TPSA) is 65.7 Å². The molecule has 21 heavy (non-hydrogen) atoms. The van der Waals surface area contributed by atoms with Crippen molar-refractivity contribution >= 4 is 45.6 Å². The monoisotopic (exact) mass is 340 g/mol. The molecule has 2 N–H and O–H groups in total. The fourth-order valence-corrected chi connectivity index (χ4v) is 3.82. The Hall–Kier alpha value is -1.56. The third kappa shape index (κ3) is 2.52. The van der Waals surface area contributed by atoms with E-state index in [1.807, 2.05) is 12.3 Å². The number of benzene rings is 1. The van der Waals surface area contributed by atoms with Crippen LogP contribution < -0.4 is 11.1 Å². The first-order valence-corrected chi connectivity index (χ1v) is 7.80. The van der Waals surface area contributed by atoms with Gasteiger partial charge in [-0.05, 0) is 35.6 Å². The van der Waals surface area contributed by atoms with Crippen LogP contribution in [0.3, 0.4) is 0 Å². The zero-order chi connectivity index (χ0) is 15.1. The Kier molecular flexibility index (Phi) is 3.65. The van der Waals surface area contributed by atoms with Gasteiger partial charge in [0.25, 0.3) is 0 Å². The quantitative estimate of drug-likeness (QED) is 0.553. The Labute approximate surface area is 133 Å². The summed E-state index contributed by atoms with van der Waals surface area (Å²) in [7, 11) is 0. The summed E-state index contributed by atoms with van der Waals surface area (Å²) in [4.78, 5) is 28.6. The summed E-state index contributed by atoms with van der Waals surface area (Å²) in [6, 6.07) is 5.26. The number of nitrogens with one attached hydrogen (secondary N) is 2. The van der Waals surface area contributed by atoms with E-state index in [0.717, 1.165) is 16.0 Å². The number of aryl methyl sites for hydroxylation is 1. The maximum Gasteiger partial charge on any atom is 0.314 e. The molecule has 1 aromatic carbocycles. The lowest BCUT2D eigenvalue weighted by atomic mass is 10.1. The van der Waals surface area contributed by atoms with Gasteiger partial charge < -0.3 is 9.97 Å². The van der Waals surface area contributed by atoms with E-state index in [1.165, 1.54) is 11.3 Å². The van der Waals surface area contributed by atoms with E-state index in [2.05, 4.69) is 9.97 Å². The van der Waals surface area contributed by atoms with E-state index >= 15 is 0 Å². The van der Waals surface area contributed by atoms with E-state index in [0.29, 0.717) is 16.1 Å². The summed E-state index contributed by atoms with van der Waals surface area (Å²) >= 11 is 14.2. The van der Waals surface area contributed by atoms with Gasteiger partial charge in [-0.1, -0.05) is 17.7 Å². The van der Waals surface area contributed by atoms with E-state index in [4.69, 9.17) is 23.2 Å². The molecule has 0 fully saturated rings. The van der Waals surface area contributed by atoms with Gasteiger partial charge in [0.2, 0.25) is 0 Å². The van der Waals surface area contributed by atoms with E-state index < -0.39 is 16.5 Å². The molecule has 0 aliphatic carbocycles. The predicted octanol–water partition coefficient (Wildman–Crippen LogP) is 3.57. The van der Waals surface area contributed by atoms with Crippen molar-refractivity contribution < 1.29 is 0 Å². The van der Waals surface area contributed by atoms with Crippen LogP contribution in [0, 0.1) is 6.92 Å². The highest BCUT2D eigenvalue weighted by molar-refractivity contribution is 7.11. The molecule has 1 unspecified atom stereocenters. The standard InChI is InChI=1S/C14H10Cl2N2O2S/c1-6-5-21-12(10(6)15)11(16)7-2-3-8-9(4-7)18-14(20)13(19)17-8/h2-5,11H,1H3,(H,17,19)(H,18,20). The number of halogens is 2. The van der Waals surface area contributed by atoms with Crippen LogP contribution in [0.1, 0.15) is 21.4 Å². The minimum absolute atomic E-state index is 0.406. The van der Waals surface area contributed by atoms with Gasteiger partial charge in [0.1, 0.15) is 0 Å². The van der Waals surface area contributed by atoms with Gasteiger partial charge in [0.05, 0.1) is 21.4 Å². The SMILES string of the molecule is Cc1csc(C(Cl)c2ccc3[nH]c(=O)c(=O)[nH]c3c2)c1Cl. The highest BCUT2D eigenvalue weighted by Gasteiger charge is 2.18. The molecule has 0 saturated carbocycles. The Balaban J connectivity index is 2.12. The average Bonchev–Trinajstić information content (AvgIpc) is 2.79. The molecule has 7 heteroatoms. The lowest BCUT2D eigenvalue weighted by Crippen LogP contribution is -2.28. The highest BCUT2D eigenvalue weighted by atomic mass is 35.5. The number of fused-ring (bicyclic) bond motifs is 1. The van der Waals surface area contributed by atoms with Crippen LogP contribution in [0.2, 0.25) is 5.02 Å². The highest BCUT2D eigenvalue weighted by Crippen LogP contribution is 2.39. The number of hydrogen-bond donors (Lipinski definition) is 2. The molecule has 0 aliphatic heterocycles. The second-order valence-electron chi connectivity index (χ2n) is 4.67. The van der Waals surface area contributed by atoms with Crippen LogP contribution in [-0.2, 0) is 0 Å². The zero-order valence-electron chi connectivity index (χ0n) is 10.9. The van der Waals surface area contributed by atoms with Crippen molar-refractivity contribution in [1.29, 1.82) is 0 Å². The summed E-state index contributed by atoms with van der Waals surface area (Å²) in [5, 5.41) is 2.21. The van der Waals surface area contributed by atoms with Crippen molar-refractivity contribution in [3.05, 3.63) is 65.3 Å². The number of aromatic amines is 2. The molecule has 3 rings (SSSR count). The minimum atomic E-state index is -0.684. The molecule has 108 valence electrons. The van der Waals surface area contributed by atoms with Gasteiger partial charge in [-0.2, -0.15) is 0 Å². The molecule has 0 bridgehead atoms. The second-order valence-corrected chi connectivity index (χ2v) is 6.40. The van der Waals surface area contributed by atoms with Crippen LogP contribution in [-0.4, -0.2) is 9.97 Å². The Morgan fingerprint density at radius 1 is 1.14 bits per heavy atom. The normalized spacial score (nSPS) is 12.7. The Morgan fingerprint density at radius 2 is 1.81 bits per heavy atom. The number of aromatic nitrogens is 2. The maximum absolute atomic E-state index is 11.4. The molecule has 0 amide bonds. The first-order valence-electron chi connectivity index (χ1n) is 6.11. The van der Waals surface area contributed by atoms with Gasteiger partial charge in [0.15, 0.2) is 0 Å². The summed E-state index contributed by atoms with van der Waals surface area (Å²) in [5.41, 5.74) is 1.52. The van der Waals surface area contributed by atoms with Crippen LogP contribution >= 0.6 is 34.5 Å². The van der Waals surface area contributed by atoms with Crippen LogP contribution in [0.5, 0.6) is 0 Å². The molecule has 2 aromatic heterocycles. The van der Waals surface area contributed by atoms with Crippen LogP contribution in [0.15, 0.2) is 33.2 Å². The molecular weight excluding hydrogens is 331 g/mol. The van der Waals surface area contributed by atoms with Gasteiger partial charge in [0, 0.05) is 4.88 Å². The molecule has 0 radical (unpaired) electrons. The zero-order valence-corrected chi connectivity index (χ0v) is 13.2. The summed E-state index contributed by atoms with van der Waals surface area (Å²) in [6.45, 7) is 1.93. The lowest BCUT2D eigenvalue weighted by molar-refractivity contribution is 1.13. The first kappa shape index (κ1) is 14.4. The smallest absolute Gasteiger partial charge is 0.314 e. The fraction of sp³-hybridized carbons (Fsp3) is 0.143. The van der Waals surface area contributed by atoms with Crippen LogP contribution in [0.4, 0.5) is 0 Å². The molecule has 3 aromatic rings. The second kappa shape index (κ2) is 5.33. The minimum Gasteiger partial charge on any atom is -0.316 e.